The van der Waals surface area contributed by atoms with Gasteiger partial charge in [-0.3, -0.25) is 4.72 Å². The maximum atomic E-state index is 12.7. The number of nitrogens with one attached hydrogen (secondary N) is 2. The molecule has 1 saturated heterocycles. The first-order valence-corrected chi connectivity index (χ1v) is 7.70. The number of hydrogen-bond acceptors (Lipinski definition) is 3. The molecule has 1 aliphatic heterocycles. The van der Waals surface area contributed by atoms with Gasteiger partial charge in [-0.25, -0.2) is 12.8 Å². The van der Waals surface area contributed by atoms with Gasteiger partial charge in [0, 0.05) is 11.7 Å². The fraction of sp³-hybridized carbons (Fsp3) is 0.500. The Morgan fingerprint density at radius 3 is 2.61 bits per heavy atom. The standard InChI is InChI=1S/C12H17FN2O2S/c13-10-4-6-11(7-5-10)15-18(16,17)9-12-3-1-2-8-14-12/h4-7,12,14-15H,1-3,8-9H2. The van der Waals surface area contributed by atoms with E-state index in [4.69, 9.17) is 0 Å². The molecule has 1 atom stereocenters. The Morgan fingerprint density at radius 1 is 1.28 bits per heavy atom. The summed E-state index contributed by atoms with van der Waals surface area (Å²) in [6.45, 7) is 0.872. The van der Waals surface area contributed by atoms with Crippen LogP contribution in [0.5, 0.6) is 0 Å². The van der Waals surface area contributed by atoms with Crippen LogP contribution in [0.1, 0.15) is 19.3 Å². The highest BCUT2D eigenvalue weighted by Gasteiger charge is 2.20. The molecule has 0 bridgehead atoms. The van der Waals surface area contributed by atoms with Crippen molar-refractivity contribution in [3.63, 3.8) is 0 Å². The molecule has 0 saturated carbocycles. The minimum atomic E-state index is -3.38. The summed E-state index contributed by atoms with van der Waals surface area (Å²) in [5, 5.41) is 3.19. The molecule has 0 radical (unpaired) electrons. The SMILES string of the molecule is O=S(=O)(CC1CCCCN1)Nc1ccc(F)cc1. The van der Waals surface area contributed by atoms with Crippen molar-refractivity contribution < 1.29 is 12.8 Å². The topological polar surface area (TPSA) is 58.2 Å². The van der Waals surface area contributed by atoms with Gasteiger partial charge in [-0.05, 0) is 43.7 Å². The first-order valence-electron chi connectivity index (χ1n) is 6.05. The number of hydrogen-bond donors (Lipinski definition) is 2. The van der Waals surface area contributed by atoms with Gasteiger partial charge in [-0.2, -0.15) is 0 Å². The number of halogens is 1. The zero-order valence-electron chi connectivity index (χ0n) is 10.0. The maximum Gasteiger partial charge on any atom is 0.234 e. The lowest BCUT2D eigenvalue weighted by Gasteiger charge is -2.23. The predicted molar refractivity (Wildman–Crippen MR) is 69.5 cm³/mol. The Bertz CT molecular complexity index is 481. The van der Waals surface area contributed by atoms with Gasteiger partial charge in [0.2, 0.25) is 10.0 Å². The van der Waals surface area contributed by atoms with Crippen LogP contribution in [-0.2, 0) is 10.0 Å². The minimum Gasteiger partial charge on any atom is -0.313 e. The van der Waals surface area contributed by atoms with E-state index in [1.807, 2.05) is 0 Å². The number of anilines is 1. The molecule has 1 heterocycles. The van der Waals surface area contributed by atoms with E-state index in [9.17, 15) is 12.8 Å². The summed E-state index contributed by atoms with van der Waals surface area (Å²) in [4.78, 5) is 0. The Kier molecular flexibility index (Phi) is 4.19. The lowest BCUT2D eigenvalue weighted by Crippen LogP contribution is -2.40. The fourth-order valence-electron chi connectivity index (χ4n) is 2.07. The molecule has 2 N–H and O–H groups in total. The molecule has 1 aromatic rings. The molecule has 18 heavy (non-hydrogen) atoms. The van der Waals surface area contributed by atoms with E-state index in [1.54, 1.807) is 0 Å². The molecule has 0 aromatic heterocycles. The second kappa shape index (κ2) is 5.67. The smallest absolute Gasteiger partial charge is 0.234 e. The van der Waals surface area contributed by atoms with Gasteiger partial charge in [-0.1, -0.05) is 6.42 Å². The summed E-state index contributed by atoms with van der Waals surface area (Å²) in [6, 6.07) is 5.31. The average Bonchev–Trinajstić information content (AvgIpc) is 2.32. The van der Waals surface area contributed by atoms with Gasteiger partial charge >= 0.3 is 0 Å². The molecule has 1 fully saturated rings. The molecular formula is C12H17FN2O2S. The van der Waals surface area contributed by atoms with Crippen molar-refractivity contribution in [2.45, 2.75) is 25.3 Å². The first-order chi connectivity index (χ1) is 8.55. The highest BCUT2D eigenvalue weighted by molar-refractivity contribution is 7.92. The van der Waals surface area contributed by atoms with E-state index in [0.717, 1.165) is 25.8 Å². The van der Waals surface area contributed by atoms with Crippen molar-refractivity contribution in [3.8, 4) is 0 Å². The molecule has 1 aromatic carbocycles. The second-order valence-electron chi connectivity index (χ2n) is 4.54. The van der Waals surface area contributed by atoms with Gasteiger partial charge in [0.05, 0.1) is 5.75 Å². The number of sulfonamides is 1. The fourth-order valence-corrected chi connectivity index (χ4v) is 3.46. The third kappa shape index (κ3) is 3.96. The first kappa shape index (κ1) is 13.3. The molecule has 1 unspecified atom stereocenters. The maximum absolute atomic E-state index is 12.7. The average molecular weight is 272 g/mol. The van der Waals surface area contributed by atoms with E-state index >= 15 is 0 Å². The van der Waals surface area contributed by atoms with Crippen LogP contribution in [0.2, 0.25) is 0 Å². The number of rotatable bonds is 4. The number of piperidine rings is 1. The Morgan fingerprint density at radius 2 is 2.00 bits per heavy atom. The molecule has 100 valence electrons. The molecule has 0 spiro atoms. The molecule has 2 rings (SSSR count). The van der Waals surface area contributed by atoms with Crippen LogP contribution in [0.3, 0.4) is 0 Å². The van der Waals surface area contributed by atoms with Crippen molar-refractivity contribution >= 4 is 15.7 Å². The van der Waals surface area contributed by atoms with Crippen molar-refractivity contribution in [1.29, 1.82) is 0 Å². The van der Waals surface area contributed by atoms with E-state index in [-0.39, 0.29) is 17.6 Å². The third-order valence-corrected chi connectivity index (χ3v) is 4.34. The lowest BCUT2D eigenvalue weighted by atomic mass is 10.1. The van der Waals surface area contributed by atoms with Crippen LogP contribution in [0.4, 0.5) is 10.1 Å². The van der Waals surface area contributed by atoms with Crippen LogP contribution < -0.4 is 10.0 Å². The highest BCUT2D eigenvalue weighted by Crippen LogP contribution is 2.13. The Balaban J connectivity index is 1.96. The van der Waals surface area contributed by atoms with Gasteiger partial charge < -0.3 is 5.32 Å². The molecular weight excluding hydrogens is 255 g/mol. The summed E-state index contributed by atoms with van der Waals surface area (Å²) in [6.07, 6.45) is 3.04. The van der Waals surface area contributed by atoms with E-state index < -0.39 is 10.0 Å². The van der Waals surface area contributed by atoms with Crippen molar-refractivity contribution in [3.05, 3.63) is 30.1 Å². The second-order valence-corrected chi connectivity index (χ2v) is 6.30. The minimum absolute atomic E-state index is 0.0108. The van der Waals surface area contributed by atoms with Crippen molar-refractivity contribution in [2.24, 2.45) is 0 Å². The van der Waals surface area contributed by atoms with Crippen LogP contribution in [0, 0.1) is 5.82 Å². The highest BCUT2D eigenvalue weighted by atomic mass is 32.2. The van der Waals surface area contributed by atoms with Gasteiger partial charge in [0.25, 0.3) is 0 Å². The number of benzene rings is 1. The lowest BCUT2D eigenvalue weighted by molar-refractivity contribution is 0.424. The Labute approximate surface area is 107 Å². The quantitative estimate of drug-likeness (QED) is 0.877. The molecule has 4 nitrogen and oxygen atoms in total. The predicted octanol–water partition coefficient (Wildman–Crippen LogP) is 1.71. The molecule has 1 aliphatic rings. The zero-order chi connectivity index (χ0) is 13.0. The summed E-state index contributed by atoms with van der Waals surface area (Å²) < 4.78 is 39.0. The third-order valence-electron chi connectivity index (χ3n) is 2.95. The summed E-state index contributed by atoms with van der Waals surface area (Å²) in [5.41, 5.74) is 0.396. The summed E-state index contributed by atoms with van der Waals surface area (Å²) >= 11 is 0. The monoisotopic (exact) mass is 272 g/mol. The van der Waals surface area contributed by atoms with Crippen LogP contribution in [0.25, 0.3) is 0 Å². The summed E-state index contributed by atoms with van der Waals surface area (Å²) in [5.74, 6) is -0.323. The van der Waals surface area contributed by atoms with Crippen molar-refractivity contribution in [2.75, 3.05) is 17.0 Å². The van der Waals surface area contributed by atoms with E-state index in [2.05, 4.69) is 10.0 Å². The van der Waals surface area contributed by atoms with E-state index in [1.165, 1.54) is 24.3 Å². The molecule has 6 heteroatoms. The Hall–Kier alpha value is -1.14. The van der Waals surface area contributed by atoms with Gasteiger partial charge in [-0.15, -0.1) is 0 Å². The van der Waals surface area contributed by atoms with Crippen molar-refractivity contribution in [1.82, 2.24) is 5.32 Å². The summed E-state index contributed by atoms with van der Waals surface area (Å²) in [7, 11) is -3.38. The molecule has 0 amide bonds. The van der Waals surface area contributed by atoms with Gasteiger partial charge in [0.15, 0.2) is 0 Å². The molecule has 0 aliphatic carbocycles. The van der Waals surface area contributed by atoms with Crippen LogP contribution in [0.15, 0.2) is 24.3 Å². The normalized spacial score (nSPS) is 20.6. The van der Waals surface area contributed by atoms with E-state index in [0.29, 0.717) is 5.69 Å². The van der Waals surface area contributed by atoms with Crippen LogP contribution >= 0.6 is 0 Å². The van der Waals surface area contributed by atoms with Crippen LogP contribution in [-0.4, -0.2) is 26.8 Å². The zero-order valence-corrected chi connectivity index (χ0v) is 10.8. The largest absolute Gasteiger partial charge is 0.313 e. The van der Waals surface area contributed by atoms with Gasteiger partial charge in [0.1, 0.15) is 5.82 Å².